The van der Waals surface area contributed by atoms with E-state index in [1.165, 1.54) is 11.1 Å². The van der Waals surface area contributed by atoms with E-state index in [1.807, 2.05) is 4.52 Å². The third-order valence-electron chi connectivity index (χ3n) is 6.87. The van der Waals surface area contributed by atoms with Gasteiger partial charge in [0.2, 0.25) is 0 Å². The van der Waals surface area contributed by atoms with Crippen molar-refractivity contribution in [3.63, 3.8) is 0 Å². The number of nitrogens with zero attached hydrogens (tertiary/aromatic N) is 7. The minimum absolute atomic E-state index is 0.311. The molecule has 1 fully saturated rings. The average molecular weight is 443 g/mol. The highest BCUT2D eigenvalue weighted by Gasteiger charge is 2.23. The van der Waals surface area contributed by atoms with Crippen LogP contribution in [0.25, 0.3) is 27.9 Å². The first-order chi connectivity index (χ1) is 16.0. The molecule has 8 nitrogen and oxygen atoms in total. The molecule has 0 bridgehead atoms. The quantitative estimate of drug-likeness (QED) is 0.502. The molecule has 5 heterocycles. The van der Waals surface area contributed by atoms with Crippen molar-refractivity contribution in [3.8, 4) is 17.3 Å². The lowest BCUT2D eigenvalue weighted by Crippen LogP contribution is -2.46. The molecule has 0 saturated carbocycles. The number of aromatic amines is 1. The lowest BCUT2D eigenvalue weighted by Gasteiger charge is -2.35. The molecule has 1 aliphatic heterocycles. The maximum Gasteiger partial charge on any atom is 0.158 e. The smallest absolute Gasteiger partial charge is 0.158 e. The standard InChI is InChI=1S/C25H30N8/c1-16(2)22-23(19-14-33-25(27-15-28-33)18(4)17(19)3)29-20-6-7-21(30-24(20)22)32-12-10-31(11-13-32)9-5-8-26/h6-7,14-16,29H,5,9-13H2,1-4H3. The van der Waals surface area contributed by atoms with Crippen LogP contribution in [-0.2, 0) is 0 Å². The Morgan fingerprint density at radius 3 is 2.64 bits per heavy atom. The molecule has 0 aromatic carbocycles. The van der Waals surface area contributed by atoms with Gasteiger partial charge in [-0.3, -0.25) is 4.90 Å². The Balaban J connectivity index is 1.54. The number of nitriles is 1. The maximum atomic E-state index is 8.85. The minimum Gasteiger partial charge on any atom is -0.354 e. The van der Waals surface area contributed by atoms with E-state index in [4.69, 9.17) is 10.2 Å². The Morgan fingerprint density at radius 2 is 1.91 bits per heavy atom. The predicted octanol–water partition coefficient (Wildman–Crippen LogP) is 4.05. The fraction of sp³-hybridized carbons (Fsp3) is 0.440. The second kappa shape index (κ2) is 8.49. The summed E-state index contributed by atoms with van der Waals surface area (Å²) in [7, 11) is 0. The van der Waals surface area contributed by atoms with Crippen LogP contribution in [0, 0.1) is 25.2 Å². The number of piperazine rings is 1. The summed E-state index contributed by atoms with van der Waals surface area (Å²) in [5, 5.41) is 13.2. The third kappa shape index (κ3) is 3.72. The number of fused-ring (bicyclic) bond motifs is 2. The summed E-state index contributed by atoms with van der Waals surface area (Å²) >= 11 is 0. The van der Waals surface area contributed by atoms with Crippen molar-refractivity contribution < 1.29 is 0 Å². The van der Waals surface area contributed by atoms with Gasteiger partial charge in [-0.2, -0.15) is 10.4 Å². The van der Waals surface area contributed by atoms with Gasteiger partial charge in [0.05, 0.1) is 22.8 Å². The Hall–Kier alpha value is -3.44. The molecule has 0 radical (unpaired) electrons. The lowest BCUT2D eigenvalue weighted by atomic mass is 9.95. The van der Waals surface area contributed by atoms with Crippen LogP contribution in [0.1, 0.15) is 42.9 Å². The molecule has 1 N–H and O–H groups in total. The molecule has 33 heavy (non-hydrogen) atoms. The van der Waals surface area contributed by atoms with Gasteiger partial charge < -0.3 is 9.88 Å². The first kappa shape index (κ1) is 21.4. The molecular weight excluding hydrogens is 412 g/mol. The Bertz CT molecular complexity index is 1350. The molecule has 5 rings (SSSR count). The normalized spacial score (nSPS) is 15.1. The lowest BCUT2D eigenvalue weighted by molar-refractivity contribution is 0.263. The van der Waals surface area contributed by atoms with Crippen molar-refractivity contribution in [1.82, 2.24) is 29.5 Å². The van der Waals surface area contributed by atoms with Crippen LogP contribution in [-0.4, -0.2) is 62.2 Å². The number of H-pyrrole nitrogens is 1. The van der Waals surface area contributed by atoms with Crippen molar-refractivity contribution in [2.45, 2.75) is 40.0 Å². The number of pyridine rings is 2. The van der Waals surface area contributed by atoms with Gasteiger partial charge in [-0.15, -0.1) is 0 Å². The van der Waals surface area contributed by atoms with Crippen molar-refractivity contribution in [3.05, 3.63) is 41.3 Å². The molecule has 4 aromatic rings. The van der Waals surface area contributed by atoms with E-state index in [-0.39, 0.29) is 0 Å². The van der Waals surface area contributed by atoms with Gasteiger partial charge in [0, 0.05) is 56.5 Å². The second-order valence-corrected chi connectivity index (χ2v) is 9.19. The maximum absolute atomic E-state index is 8.85. The highest BCUT2D eigenvalue weighted by molar-refractivity contribution is 5.90. The SMILES string of the molecule is Cc1c(-c2[nH]c3ccc(N4CCN(CCC#N)CC4)nc3c2C(C)C)cn2ncnc2c1C. The molecule has 0 spiro atoms. The molecule has 170 valence electrons. The number of anilines is 1. The Kier molecular flexibility index (Phi) is 5.51. The summed E-state index contributed by atoms with van der Waals surface area (Å²) < 4.78 is 1.86. The van der Waals surface area contributed by atoms with E-state index in [0.29, 0.717) is 12.3 Å². The van der Waals surface area contributed by atoms with Crippen LogP contribution >= 0.6 is 0 Å². The Labute approximate surface area is 193 Å². The minimum atomic E-state index is 0.311. The number of hydrogen-bond acceptors (Lipinski definition) is 6. The molecule has 0 atom stereocenters. The molecule has 8 heteroatoms. The second-order valence-electron chi connectivity index (χ2n) is 9.19. The van der Waals surface area contributed by atoms with Crippen LogP contribution in [0.3, 0.4) is 0 Å². The fourth-order valence-electron chi connectivity index (χ4n) is 4.89. The third-order valence-corrected chi connectivity index (χ3v) is 6.87. The van der Waals surface area contributed by atoms with Gasteiger partial charge in [0.25, 0.3) is 0 Å². The van der Waals surface area contributed by atoms with Crippen LogP contribution < -0.4 is 4.90 Å². The van der Waals surface area contributed by atoms with E-state index >= 15 is 0 Å². The molecule has 0 amide bonds. The number of hydrogen-bond donors (Lipinski definition) is 1. The molecule has 0 unspecified atom stereocenters. The molecule has 0 aliphatic carbocycles. The van der Waals surface area contributed by atoms with Crippen LogP contribution in [0.15, 0.2) is 24.7 Å². The van der Waals surface area contributed by atoms with Gasteiger partial charge in [-0.1, -0.05) is 13.8 Å². The zero-order valence-electron chi connectivity index (χ0n) is 19.8. The van der Waals surface area contributed by atoms with E-state index in [2.05, 4.69) is 77.0 Å². The zero-order chi connectivity index (χ0) is 23.1. The topological polar surface area (TPSA) is 89.1 Å². The summed E-state index contributed by atoms with van der Waals surface area (Å²) in [5.41, 5.74) is 8.83. The first-order valence-corrected chi connectivity index (χ1v) is 11.6. The van der Waals surface area contributed by atoms with Gasteiger partial charge in [-0.05, 0) is 43.0 Å². The summed E-state index contributed by atoms with van der Waals surface area (Å²) in [4.78, 5) is 17.9. The zero-order valence-corrected chi connectivity index (χ0v) is 19.8. The summed E-state index contributed by atoms with van der Waals surface area (Å²) in [6, 6.07) is 6.53. The number of nitrogens with one attached hydrogen (secondary N) is 1. The molecule has 1 aliphatic rings. The van der Waals surface area contributed by atoms with E-state index in [1.54, 1.807) is 6.33 Å². The van der Waals surface area contributed by atoms with E-state index in [9.17, 15) is 0 Å². The van der Waals surface area contributed by atoms with Crippen molar-refractivity contribution in [1.29, 1.82) is 5.26 Å². The highest BCUT2D eigenvalue weighted by atomic mass is 15.3. The van der Waals surface area contributed by atoms with Gasteiger partial charge in [-0.25, -0.2) is 14.5 Å². The van der Waals surface area contributed by atoms with Crippen molar-refractivity contribution >= 4 is 22.5 Å². The highest BCUT2D eigenvalue weighted by Crippen LogP contribution is 2.37. The molecule has 4 aromatic heterocycles. The van der Waals surface area contributed by atoms with Gasteiger partial charge in [0.1, 0.15) is 12.1 Å². The van der Waals surface area contributed by atoms with Crippen molar-refractivity contribution in [2.75, 3.05) is 37.6 Å². The fourth-order valence-corrected chi connectivity index (χ4v) is 4.89. The van der Waals surface area contributed by atoms with Crippen molar-refractivity contribution in [2.24, 2.45) is 0 Å². The number of aryl methyl sites for hydroxylation is 1. The summed E-state index contributed by atoms with van der Waals surface area (Å²) in [6.45, 7) is 13.4. The summed E-state index contributed by atoms with van der Waals surface area (Å²) in [6.07, 6.45) is 4.27. The molecule has 1 saturated heterocycles. The van der Waals surface area contributed by atoms with Crippen LogP contribution in [0.4, 0.5) is 5.82 Å². The van der Waals surface area contributed by atoms with Gasteiger partial charge >= 0.3 is 0 Å². The van der Waals surface area contributed by atoms with Crippen LogP contribution in [0.2, 0.25) is 0 Å². The summed E-state index contributed by atoms with van der Waals surface area (Å²) in [5.74, 6) is 1.33. The number of aromatic nitrogens is 5. The van der Waals surface area contributed by atoms with E-state index < -0.39 is 0 Å². The predicted molar refractivity (Wildman–Crippen MR) is 131 cm³/mol. The first-order valence-electron chi connectivity index (χ1n) is 11.6. The number of rotatable bonds is 5. The van der Waals surface area contributed by atoms with E-state index in [0.717, 1.165) is 72.0 Å². The van der Waals surface area contributed by atoms with Crippen LogP contribution in [0.5, 0.6) is 0 Å². The largest absolute Gasteiger partial charge is 0.354 e. The average Bonchev–Trinajstić information content (AvgIpc) is 3.44. The monoisotopic (exact) mass is 442 g/mol. The van der Waals surface area contributed by atoms with Gasteiger partial charge in [0.15, 0.2) is 5.65 Å². The molecular formula is C25H30N8. The Morgan fingerprint density at radius 1 is 1.12 bits per heavy atom.